The van der Waals surface area contributed by atoms with Gasteiger partial charge in [-0.15, -0.1) is 11.3 Å². The summed E-state index contributed by atoms with van der Waals surface area (Å²) in [6.07, 6.45) is 2.74. The molecule has 116 valence electrons. The largest absolute Gasteiger partial charge is 0.334 e. The van der Waals surface area contributed by atoms with Gasteiger partial charge in [0.05, 0.1) is 5.69 Å². The normalized spacial score (nSPS) is 13.9. The lowest BCUT2D eigenvalue weighted by molar-refractivity contribution is 0.0736. The van der Waals surface area contributed by atoms with Crippen LogP contribution in [0, 0.1) is 6.92 Å². The van der Waals surface area contributed by atoms with Crippen molar-refractivity contribution < 1.29 is 4.79 Å². The van der Waals surface area contributed by atoms with Crippen LogP contribution in [0.25, 0.3) is 5.69 Å². The predicted octanol–water partition coefficient (Wildman–Crippen LogP) is 3.44. The zero-order valence-electron chi connectivity index (χ0n) is 12.9. The van der Waals surface area contributed by atoms with E-state index < -0.39 is 0 Å². The molecule has 1 aliphatic rings. The maximum atomic E-state index is 12.7. The van der Waals surface area contributed by atoms with Gasteiger partial charge in [0, 0.05) is 35.4 Å². The lowest BCUT2D eigenvalue weighted by atomic mass is 10.1. The van der Waals surface area contributed by atoms with Crippen molar-refractivity contribution in [3.8, 4) is 5.69 Å². The van der Waals surface area contributed by atoms with Gasteiger partial charge in [-0.25, -0.2) is 4.68 Å². The van der Waals surface area contributed by atoms with Crippen LogP contribution in [-0.4, -0.2) is 27.1 Å². The standard InChI is InChI=1S/C18H17N3OS/c1-13-6-9-19-21(13)16-4-2-14(3-5-16)18(22)20-10-7-17-15(12-20)8-11-23-17/h2-6,8-9,11H,7,10,12H2,1H3. The molecule has 0 fully saturated rings. The first kappa shape index (κ1) is 14.2. The molecule has 4 rings (SSSR count). The number of carbonyl (C=O) groups is 1. The molecule has 3 heterocycles. The van der Waals surface area contributed by atoms with Gasteiger partial charge < -0.3 is 4.90 Å². The van der Waals surface area contributed by atoms with Crippen molar-refractivity contribution in [3.05, 3.63) is 69.7 Å². The number of rotatable bonds is 2. The Kier molecular flexibility index (Phi) is 3.50. The Morgan fingerprint density at radius 2 is 2.00 bits per heavy atom. The highest BCUT2D eigenvalue weighted by Crippen LogP contribution is 2.25. The molecule has 0 radical (unpaired) electrons. The van der Waals surface area contributed by atoms with E-state index in [9.17, 15) is 4.79 Å². The third-order valence-electron chi connectivity index (χ3n) is 4.29. The Bertz CT molecular complexity index is 847. The summed E-state index contributed by atoms with van der Waals surface area (Å²) >= 11 is 1.79. The fourth-order valence-electron chi connectivity index (χ4n) is 2.99. The van der Waals surface area contributed by atoms with Crippen molar-refractivity contribution in [1.82, 2.24) is 14.7 Å². The number of hydrogen-bond donors (Lipinski definition) is 0. The van der Waals surface area contributed by atoms with E-state index in [1.54, 1.807) is 17.5 Å². The minimum atomic E-state index is 0.102. The van der Waals surface area contributed by atoms with E-state index in [2.05, 4.69) is 16.5 Å². The minimum absolute atomic E-state index is 0.102. The van der Waals surface area contributed by atoms with Gasteiger partial charge in [-0.3, -0.25) is 4.79 Å². The molecule has 0 bridgehead atoms. The molecule has 4 nitrogen and oxygen atoms in total. The number of carbonyl (C=O) groups excluding carboxylic acids is 1. The number of aryl methyl sites for hydroxylation is 1. The number of benzene rings is 1. The van der Waals surface area contributed by atoms with Gasteiger partial charge in [0.2, 0.25) is 0 Å². The van der Waals surface area contributed by atoms with Crippen LogP contribution in [0.2, 0.25) is 0 Å². The number of thiophene rings is 1. The topological polar surface area (TPSA) is 38.1 Å². The molecule has 3 aromatic rings. The Hall–Kier alpha value is -2.40. The molecule has 0 unspecified atom stereocenters. The zero-order chi connectivity index (χ0) is 15.8. The molecule has 0 spiro atoms. The number of fused-ring (bicyclic) bond motifs is 1. The monoisotopic (exact) mass is 323 g/mol. The first-order valence-corrected chi connectivity index (χ1v) is 8.56. The van der Waals surface area contributed by atoms with Crippen LogP contribution in [-0.2, 0) is 13.0 Å². The van der Waals surface area contributed by atoms with Crippen molar-refractivity contribution in [3.63, 3.8) is 0 Å². The average Bonchev–Trinajstić information content (AvgIpc) is 3.22. The number of nitrogens with zero attached hydrogens (tertiary/aromatic N) is 3. The van der Waals surface area contributed by atoms with E-state index in [4.69, 9.17) is 0 Å². The van der Waals surface area contributed by atoms with Gasteiger partial charge in [-0.2, -0.15) is 5.10 Å². The highest BCUT2D eigenvalue weighted by atomic mass is 32.1. The average molecular weight is 323 g/mol. The third kappa shape index (κ3) is 2.57. The fourth-order valence-corrected chi connectivity index (χ4v) is 3.88. The molecule has 0 aliphatic carbocycles. The highest BCUT2D eigenvalue weighted by Gasteiger charge is 2.22. The minimum Gasteiger partial charge on any atom is -0.334 e. The summed E-state index contributed by atoms with van der Waals surface area (Å²) < 4.78 is 1.87. The van der Waals surface area contributed by atoms with Crippen molar-refractivity contribution in [2.75, 3.05) is 6.54 Å². The van der Waals surface area contributed by atoms with E-state index in [-0.39, 0.29) is 5.91 Å². The maximum absolute atomic E-state index is 12.7. The Labute approximate surface area is 139 Å². The van der Waals surface area contributed by atoms with Crippen LogP contribution in [0.4, 0.5) is 0 Å². The van der Waals surface area contributed by atoms with Gasteiger partial charge in [0.15, 0.2) is 0 Å². The van der Waals surface area contributed by atoms with E-state index in [1.807, 2.05) is 46.8 Å². The lowest BCUT2D eigenvalue weighted by Crippen LogP contribution is -2.35. The molecule has 0 saturated heterocycles. The van der Waals surface area contributed by atoms with Crippen LogP contribution < -0.4 is 0 Å². The van der Waals surface area contributed by atoms with Crippen LogP contribution in [0.3, 0.4) is 0 Å². The smallest absolute Gasteiger partial charge is 0.254 e. The van der Waals surface area contributed by atoms with E-state index >= 15 is 0 Å². The molecule has 1 aromatic carbocycles. The maximum Gasteiger partial charge on any atom is 0.254 e. The molecule has 23 heavy (non-hydrogen) atoms. The fraction of sp³-hybridized carbons (Fsp3) is 0.222. The summed E-state index contributed by atoms with van der Waals surface area (Å²) in [7, 11) is 0. The summed E-state index contributed by atoms with van der Waals surface area (Å²) in [5, 5.41) is 6.40. The van der Waals surface area contributed by atoms with Gasteiger partial charge in [-0.1, -0.05) is 0 Å². The van der Waals surface area contributed by atoms with Crippen LogP contribution in [0.5, 0.6) is 0 Å². The third-order valence-corrected chi connectivity index (χ3v) is 5.31. The Morgan fingerprint density at radius 1 is 1.17 bits per heavy atom. The van der Waals surface area contributed by atoms with Crippen molar-refractivity contribution >= 4 is 17.2 Å². The predicted molar refractivity (Wildman–Crippen MR) is 91.1 cm³/mol. The summed E-state index contributed by atoms with van der Waals surface area (Å²) in [5.41, 5.74) is 4.07. The number of amides is 1. The summed E-state index contributed by atoms with van der Waals surface area (Å²) in [4.78, 5) is 16.1. The van der Waals surface area contributed by atoms with Gasteiger partial charge in [0.25, 0.3) is 5.91 Å². The molecule has 0 atom stereocenters. The molecular formula is C18H17N3OS. The molecule has 0 saturated carbocycles. The molecule has 5 heteroatoms. The first-order chi connectivity index (χ1) is 11.2. The lowest BCUT2D eigenvalue weighted by Gasteiger charge is -2.27. The SMILES string of the molecule is Cc1ccnn1-c1ccc(C(=O)N2CCc3sccc3C2)cc1. The van der Waals surface area contributed by atoms with Crippen molar-refractivity contribution in [1.29, 1.82) is 0 Å². The van der Waals surface area contributed by atoms with E-state index in [0.29, 0.717) is 0 Å². The summed E-state index contributed by atoms with van der Waals surface area (Å²) in [6.45, 7) is 3.53. The second-order valence-electron chi connectivity index (χ2n) is 5.78. The second-order valence-corrected chi connectivity index (χ2v) is 6.78. The Morgan fingerprint density at radius 3 is 2.74 bits per heavy atom. The summed E-state index contributed by atoms with van der Waals surface area (Å²) in [6, 6.07) is 11.8. The van der Waals surface area contributed by atoms with Crippen molar-refractivity contribution in [2.45, 2.75) is 19.9 Å². The van der Waals surface area contributed by atoms with E-state index in [0.717, 1.165) is 36.5 Å². The zero-order valence-corrected chi connectivity index (χ0v) is 13.7. The first-order valence-electron chi connectivity index (χ1n) is 7.68. The summed E-state index contributed by atoms with van der Waals surface area (Å²) in [5.74, 6) is 0.102. The van der Waals surface area contributed by atoms with Gasteiger partial charge in [-0.05, 0) is 60.7 Å². The quantitative estimate of drug-likeness (QED) is 0.724. The second kappa shape index (κ2) is 5.66. The Balaban J connectivity index is 1.54. The molecule has 1 amide bonds. The van der Waals surface area contributed by atoms with Crippen molar-refractivity contribution in [2.24, 2.45) is 0 Å². The van der Waals surface area contributed by atoms with Gasteiger partial charge in [0.1, 0.15) is 0 Å². The molecule has 0 N–H and O–H groups in total. The van der Waals surface area contributed by atoms with E-state index in [1.165, 1.54) is 10.4 Å². The molecule has 1 aliphatic heterocycles. The van der Waals surface area contributed by atoms with Crippen LogP contribution in [0.1, 0.15) is 26.5 Å². The highest BCUT2D eigenvalue weighted by molar-refractivity contribution is 7.10. The van der Waals surface area contributed by atoms with Crippen LogP contribution in [0.15, 0.2) is 48.0 Å². The molecule has 2 aromatic heterocycles. The molecular weight excluding hydrogens is 306 g/mol. The number of hydrogen-bond acceptors (Lipinski definition) is 3. The van der Waals surface area contributed by atoms with Gasteiger partial charge >= 0.3 is 0 Å². The number of aromatic nitrogens is 2. The van der Waals surface area contributed by atoms with Crippen LogP contribution >= 0.6 is 11.3 Å².